The van der Waals surface area contributed by atoms with Gasteiger partial charge in [0.05, 0.1) is 27.5 Å². The molecule has 2 aromatic heterocycles. The summed E-state index contributed by atoms with van der Waals surface area (Å²) in [6.07, 6.45) is 1.70. The minimum Gasteiger partial charge on any atom is -0.307 e. The van der Waals surface area contributed by atoms with Crippen LogP contribution in [-0.2, 0) is 4.79 Å². The third kappa shape index (κ3) is 3.36. The quantitative estimate of drug-likeness (QED) is 0.510. The van der Waals surface area contributed by atoms with Crippen molar-refractivity contribution in [3.05, 3.63) is 63.9 Å². The molecule has 0 radical (unpaired) electrons. The van der Waals surface area contributed by atoms with E-state index in [0.29, 0.717) is 37.2 Å². The van der Waals surface area contributed by atoms with E-state index in [2.05, 4.69) is 15.3 Å². The van der Waals surface area contributed by atoms with Crippen LogP contribution in [0.3, 0.4) is 0 Å². The van der Waals surface area contributed by atoms with E-state index in [4.69, 9.17) is 12.2 Å². The Morgan fingerprint density at radius 1 is 1.15 bits per heavy atom. The monoisotopic (exact) mass is 395 g/mol. The summed E-state index contributed by atoms with van der Waals surface area (Å²) in [5.74, 6) is -0.507. The van der Waals surface area contributed by atoms with Crippen LogP contribution in [0.15, 0.2) is 41.3 Å². The summed E-state index contributed by atoms with van der Waals surface area (Å²) in [6.45, 7) is 3.79. The first-order chi connectivity index (χ1) is 12.9. The first-order valence-corrected chi connectivity index (χ1v) is 9.43. The molecule has 0 saturated carbocycles. The molecule has 1 aliphatic rings. The number of halogens is 1. The van der Waals surface area contributed by atoms with Crippen LogP contribution in [0.5, 0.6) is 0 Å². The third-order valence-corrected chi connectivity index (χ3v) is 5.42. The van der Waals surface area contributed by atoms with E-state index in [0.717, 1.165) is 11.1 Å². The molecule has 0 spiro atoms. The highest BCUT2D eigenvalue weighted by Gasteiger charge is 2.22. The number of nitrogens with one attached hydrogen (secondary N) is 1. The number of hydrogen-bond acceptors (Lipinski definition) is 5. The Morgan fingerprint density at radius 2 is 1.96 bits per heavy atom. The molecule has 1 amide bonds. The maximum absolute atomic E-state index is 14.1. The van der Waals surface area contributed by atoms with Crippen LogP contribution < -0.4 is 5.32 Å². The second kappa shape index (κ2) is 6.83. The second-order valence-electron chi connectivity index (χ2n) is 6.21. The summed E-state index contributed by atoms with van der Waals surface area (Å²) in [4.78, 5) is 21.6. The van der Waals surface area contributed by atoms with Crippen LogP contribution in [0.25, 0.3) is 28.4 Å². The van der Waals surface area contributed by atoms with Gasteiger partial charge in [-0.3, -0.25) is 4.79 Å². The van der Waals surface area contributed by atoms with Crippen LogP contribution >= 0.6 is 24.0 Å². The van der Waals surface area contributed by atoms with Gasteiger partial charge in [-0.25, -0.2) is 14.4 Å². The zero-order valence-electron chi connectivity index (χ0n) is 14.5. The van der Waals surface area contributed by atoms with E-state index in [1.807, 2.05) is 32.0 Å². The Labute approximate surface area is 164 Å². The highest BCUT2D eigenvalue weighted by atomic mass is 32.2. The van der Waals surface area contributed by atoms with Crippen LogP contribution in [0.4, 0.5) is 4.39 Å². The summed E-state index contributed by atoms with van der Waals surface area (Å²) < 4.78 is 14.6. The first kappa shape index (κ1) is 17.8. The Bertz CT molecular complexity index is 1160. The zero-order valence-corrected chi connectivity index (χ0v) is 16.2. The van der Waals surface area contributed by atoms with Gasteiger partial charge in [0, 0.05) is 5.39 Å². The molecule has 1 aliphatic heterocycles. The van der Waals surface area contributed by atoms with E-state index in [1.165, 1.54) is 17.8 Å². The number of thioether (sulfide) groups is 1. The van der Waals surface area contributed by atoms with Crippen molar-refractivity contribution in [2.75, 3.05) is 0 Å². The Hall–Kier alpha value is -2.64. The van der Waals surface area contributed by atoms with E-state index in [-0.39, 0.29) is 11.7 Å². The molecule has 134 valence electrons. The average Bonchev–Trinajstić information content (AvgIpc) is 2.95. The van der Waals surface area contributed by atoms with Gasteiger partial charge in [0.15, 0.2) is 0 Å². The van der Waals surface area contributed by atoms with Crippen molar-refractivity contribution in [3.8, 4) is 11.4 Å². The molecule has 4 rings (SSSR count). The minimum absolute atomic E-state index is 0.219. The van der Waals surface area contributed by atoms with E-state index >= 15 is 0 Å². The number of aryl methyl sites for hydroxylation is 2. The van der Waals surface area contributed by atoms with Crippen molar-refractivity contribution >= 4 is 51.2 Å². The average molecular weight is 395 g/mol. The Balaban J connectivity index is 1.82. The molecule has 27 heavy (non-hydrogen) atoms. The van der Waals surface area contributed by atoms with Gasteiger partial charge >= 0.3 is 0 Å². The van der Waals surface area contributed by atoms with Crippen molar-refractivity contribution in [1.82, 2.24) is 15.3 Å². The number of aromatic nitrogens is 2. The molecule has 0 unspecified atom stereocenters. The molecular weight excluding hydrogens is 381 g/mol. The van der Waals surface area contributed by atoms with E-state index in [1.54, 1.807) is 18.2 Å². The zero-order chi connectivity index (χ0) is 19.1. The van der Waals surface area contributed by atoms with Gasteiger partial charge < -0.3 is 5.32 Å². The van der Waals surface area contributed by atoms with E-state index < -0.39 is 0 Å². The van der Waals surface area contributed by atoms with Gasteiger partial charge in [-0.15, -0.1) is 0 Å². The topological polar surface area (TPSA) is 54.9 Å². The fourth-order valence-electron chi connectivity index (χ4n) is 2.94. The number of rotatable bonds is 2. The number of nitrogens with zero attached hydrogens (tertiary/aromatic N) is 2. The summed E-state index contributed by atoms with van der Waals surface area (Å²) in [6, 6.07) is 10.5. The molecule has 1 aromatic carbocycles. The van der Waals surface area contributed by atoms with Crippen molar-refractivity contribution in [3.63, 3.8) is 0 Å². The fraction of sp³-hybridized carbons (Fsp3) is 0.100. The second-order valence-corrected chi connectivity index (χ2v) is 7.93. The number of amides is 1. The van der Waals surface area contributed by atoms with Crippen molar-refractivity contribution in [2.45, 2.75) is 13.8 Å². The lowest BCUT2D eigenvalue weighted by molar-refractivity contribution is -0.115. The van der Waals surface area contributed by atoms with Gasteiger partial charge in [0.25, 0.3) is 5.91 Å². The number of hydrogen-bond donors (Lipinski definition) is 1. The van der Waals surface area contributed by atoms with Gasteiger partial charge in [-0.1, -0.05) is 36.1 Å². The van der Waals surface area contributed by atoms with Crippen molar-refractivity contribution in [1.29, 1.82) is 0 Å². The maximum Gasteiger partial charge on any atom is 0.263 e. The Kier molecular flexibility index (Phi) is 4.49. The molecule has 3 heterocycles. The summed E-state index contributed by atoms with van der Waals surface area (Å²) >= 11 is 6.22. The predicted octanol–water partition coefficient (Wildman–Crippen LogP) is 4.54. The lowest BCUT2D eigenvalue weighted by atomic mass is 10.0. The lowest BCUT2D eigenvalue weighted by Crippen LogP contribution is -2.17. The minimum atomic E-state index is -0.288. The standard InChI is InChI=1S/C20H14FN3OS2/c1-10-6-7-14(21)13-8-11(2)18(23-17(10)13)15-5-3-4-12(22-15)9-16-19(25)24-20(26)27-16/h3-9H,1-2H3,(H,24,25,26). The van der Waals surface area contributed by atoms with Gasteiger partial charge in [0.2, 0.25) is 0 Å². The predicted molar refractivity (Wildman–Crippen MR) is 111 cm³/mol. The molecule has 0 aliphatic carbocycles. The highest BCUT2D eigenvalue weighted by Crippen LogP contribution is 2.29. The van der Waals surface area contributed by atoms with Gasteiger partial charge in [-0.05, 0) is 55.3 Å². The normalized spacial score (nSPS) is 15.6. The number of thiocarbonyl (C=S) groups is 1. The number of fused-ring (bicyclic) bond motifs is 1. The first-order valence-electron chi connectivity index (χ1n) is 8.21. The van der Waals surface area contributed by atoms with E-state index in [9.17, 15) is 9.18 Å². The fourth-order valence-corrected chi connectivity index (χ4v) is 3.97. The van der Waals surface area contributed by atoms with Crippen LogP contribution in [0, 0.1) is 19.7 Å². The lowest BCUT2D eigenvalue weighted by Gasteiger charge is -2.10. The van der Waals surface area contributed by atoms with Crippen molar-refractivity contribution in [2.24, 2.45) is 0 Å². The number of carbonyl (C=O) groups is 1. The third-order valence-electron chi connectivity index (χ3n) is 4.26. The Morgan fingerprint density at radius 3 is 2.70 bits per heavy atom. The molecular formula is C20H14FN3OS2. The van der Waals surface area contributed by atoms with Crippen LogP contribution in [-0.4, -0.2) is 20.2 Å². The van der Waals surface area contributed by atoms with Gasteiger partial charge in [-0.2, -0.15) is 0 Å². The van der Waals surface area contributed by atoms with Crippen LogP contribution in [0.1, 0.15) is 16.8 Å². The molecule has 0 bridgehead atoms. The number of carbonyl (C=O) groups excluding carboxylic acids is 1. The molecule has 0 atom stereocenters. The highest BCUT2D eigenvalue weighted by molar-refractivity contribution is 8.26. The summed E-state index contributed by atoms with van der Waals surface area (Å²) in [5.41, 5.74) is 4.34. The largest absolute Gasteiger partial charge is 0.307 e. The summed E-state index contributed by atoms with van der Waals surface area (Å²) in [5, 5.41) is 3.09. The van der Waals surface area contributed by atoms with Crippen molar-refractivity contribution < 1.29 is 9.18 Å². The number of pyridine rings is 2. The molecule has 7 heteroatoms. The van der Waals surface area contributed by atoms with Gasteiger partial charge in [0.1, 0.15) is 10.1 Å². The molecule has 4 nitrogen and oxygen atoms in total. The van der Waals surface area contributed by atoms with Crippen LogP contribution in [0.2, 0.25) is 0 Å². The molecule has 3 aromatic rings. The molecule has 1 N–H and O–H groups in total. The molecule has 1 saturated heterocycles. The smallest absolute Gasteiger partial charge is 0.263 e. The number of benzene rings is 1. The molecule has 1 fully saturated rings. The summed E-state index contributed by atoms with van der Waals surface area (Å²) in [7, 11) is 0. The SMILES string of the molecule is Cc1cc2c(F)ccc(C)c2nc1-c1cccc(C=C2SC(=S)NC2=O)n1. The maximum atomic E-state index is 14.1.